The molecule has 680 valence electrons. The lowest BCUT2D eigenvalue weighted by atomic mass is 9.84. The van der Waals surface area contributed by atoms with Crippen LogP contribution in [0.2, 0.25) is 0 Å². The molecule has 0 bridgehead atoms. The smallest absolute Gasteiger partial charge is 0.463 e. The Morgan fingerprint density at radius 3 is 1.13 bits per heavy atom. The number of allylic oxidation sites excluding steroid dienone is 4. The fourth-order valence-electron chi connectivity index (χ4n) is 15.3. The van der Waals surface area contributed by atoms with Crippen molar-refractivity contribution >= 4 is 31.7 Å². The Bertz CT molecular complexity index is 2530. The first-order valence-corrected chi connectivity index (χ1v) is 48.0. The summed E-state index contributed by atoms with van der Waals surface area (Å²) in [6.07, 6.45) is 26.2. The molecular weight excluding hydrogens is 1510 g/mol. The third-order valence-electron chi connectivity index (χ3n) is 22.8. The molecule has 19 unspecified atom stereocenters. The Hall–Kier alpha value is -3.05. The van der Waals surface area contributed by atoms with Gasteiger partial charge in [0.05, 0.1) is 13.2 Å². The van der Waals surface area contributed by atoms with Crippen LogP contribution in [-0.2, 0) is 70.7 Å². The van der Waals surface area contributed by atoms with Crippen LogP contribution in [0.15, 0.2) is 24.3 Å². The maximum atomic E-state index is 14.9. The van der Waals surface area contributed by atoms with E-state index in [-0.39, 0.29) is 25.7 Å². The monoisotopic (exact) mass is 1680 g/mol. The third kappa shape index (κ3) is 48.7. The van der Waals surface area contributed by atoms with Gasteiger partial charge in [-0.25, -0.2) is 4.57 Å². The van der Waals surface area contributed by atoms with Crippen LogP contribution in [0.5, 0.6) is 0 Å². The molecule has 0 aromatic carbocycles. The molecule has 0 radical (unpaired) electrons. The Labute approximate surface area is 698 Å². The Morgan fingerprint density at radius 2 is 0.698 bits per heavy atom. The first-order chi connectivity index (χ1) is 56.1. The lowest BCUT2D eigenvalue weighted by Gasteiger charge is -2.50. The zero-order valence-corrected chi connectivity index (χ0v) is 73.4. The molecular formula is C90H165O25P. The van der Waals surface area contributed by atoms with E-state index >= 15 is 0 Å². The van der Waals surface area contributed by atoms with Crippen molar-refractivity contribution in [2.24, 2.45) is 5.92 Å². The Morgan fingerprint density at radius 1 is 0.362 bits per heavy atom. The van der Waals surface area contributed by atoms with E-state index in [1.807, 2.05) is 0 Å². The number of unbranched alkanes of at least 4 members (excludes halogenated alkanes) is 42. The van der Waals surface area contributed by atoms with Gasteiger partial charge in [0.2, 0.25) is 0 Å². The number of aliphatic hydroxyl groups excluding tert-OH is 9. The largest absolute Gasteiger partial charge is 0.472 e. The van der Waals surface area contributed by atoms with Crippen molar-refractivity contribution in [3.8, 4) is 0 Å². The van der Waals surface area contributed by atoms with E-state index in [4.69, 9.17) is 46.9 Å². The minimum absolute atomic E-state index is 0.0129. The summed E-state index contributed by atoms with van der Waals surface area (Å²) in [4.78, 5) is 66.4. The average Bonchev–Trinajstić information content (AvgIpc) is 0.754. The molecule has 1 saturated carbocycles. The lowest BCUT2D eigenvalue weighted by molar-refractivity contribution is -0.360. The molecule has 2 heterocycles. The van der Waals surface area contributed by atoms with Crippen LogP contribution in [-0.4, -0.2) is 205 Å². The van der Waals surface area contributed by atoms with Crippen LogP contribution < -0.4 is 0 Å². The van der Waals surface area contributed by atoms with Gasteiger partial charge >= 0.3 is 31.7 Å². The maximum Gasteiger partial charge on any atom is 0.472 e. The zero-order chi connectivity index (χ0) is 84.8. The van der Waals surface area contributed by atoms with Crippen molar-refractivity contribution in [1.82, 2.24) is 0 Å². The molecule has 2 aliphatic heterocycles. The van der Waals surface area contributed by atoms with Gasteiger partial charge in [-0.1, -0.05) is 309 Å². The number of hydrogen-bond acceptors (Lipinski definition) is 24. The summed E-state index contributed by atoms with van der Waals surface area (Å²) in [6, 6.07) is 0. The van der Waals surface area contributed by atoms with E-state index in [1.165, 1.54) is 148 Å². The van der Waals surface area contributed by atoms with E-state index in [9.17, 15) is 74.6 Å². The van der Waals surface area contributed by atoms with Gasteiger partial charge < -0.3 is 88.7 Å². The molecule has 26 heteroatoms. The van der Waals surface area contributed by atoms with E-state index in [0.717, 1.165) is 141 Å². The molecule has 3 rings (SSSR count). The van der Waals surface area contributed by atoms with Gasteiger partial charge in [-0.3, -0.25) is 28.2 Å². The fourth-order valence-corrected chi connectivity index (χ4v) is 16.3. The van der Waals surface area contributed by atoms with Crippen molar-refractivity contribution in [1.29, 1.82) is 0 Å². The molecule has 1 aliphatic carbocycles. The summed E-state index contributed by atoms with van der Waals surface area (Å²) in [5.74, 6) is -2.36. The molecule has 3 aliphatic rings. The van der Waals surface area contributed by atoms with Crippen LogP contribution in [0.1, 0.15) is 388 Å². The minimum atomic E-state index is -5.81. The second-order valence-corrected chi connectivity index (χ2v) is 34.8. The predicted octanol–water partition coefficient (Wildman–Crippen LogP) is 16.8. The highest BCUT2D eigenvalue weighted by molar-refractivity contribution is 7.47. The summed E-state index contributed by atoms with van der Waals surface area (Å²) in [5.41, 5.74) is 0. The van der Waals surface area contributed by atoms with Gasteiger partial charge in [-0.15, -0.1) is 0 Å². The van der Waals surface area contributed by atoms with E-state index in [0.29, 0.717) is 44.4 Å². The first-order valence-electron chi connectivity index (χ1n) is 46.5. The number of hydrogen-bond donors (Lipinski definition) is 10. The van der Waals surface area contributed by atoms with Crippen LogP contribution in [0.4, 0.5) is 0 Å². The van der Waals surface area contributed by atoms with Crippen LogP contribution in [0.3, 0.4) is 0 Å². The number of phosphoric ester groups is 1. The molecule has 0 aromatic heterocycles. The minimum Gasteiger partial charge on any atom is -0.463 e. The summed E-state index contributed by atoms with van der Waals surface area (Å²) >= 11 is 0. The van der Waals surface area contributed by atoms with Gasteiger partial charge in [0.15, 0.2) is 24.8 Å². The van der Waals surface area contributed by atoms with Crippen molar-refractivity contribution in [3.05, 3.63) is 24.3 Å². The van der Waals surface area contributed by atoms with Crippen molar-refractivity contribution in [3.63, 3.8) is 0 Å². The molecule has 3 fully saturated rings. The van der Waals surface area contributed by atoms with Gasteiger partial charge in [-0.2, -0.15) is 0 Å². The van der Waals surface area contributed by atoms with Crippen LogP contribution >= 0.6 is 7.82 Å². The first kappa shape index (κ1) is 107. The lowest BCUT2D eigenvalue weighted by Crippen LogP contribution is -2.70. The second-order valence-electron chi connectivity index (χ2n) is 33.4. The molecule has 0 spiro atoms. The van der Waals surface area contributed by atoms with E-state index in [2.05, 4.69) is 58.9 Å². The number of phosphoric acid groups is 1. The molecule has 10 N–H and O–H groups in total. The topological polar surface area (TPSA) is 380 Å². The van der Waals surface area contributed by atoms with E-state index in [1.54, 1.807) is 0 Å². The molecule has 116 heavy (non-hydrogen) atoms. The highest BCUT2D eigenvalue weighted by Gasteiger charge is 2.60. The van der Waals surface area contributed by atoms with Gasteiger partial charge in [0, 0.05) is 25.7 Å². The van der Waals surface area contributed by atoms with E-state index < -0.39 is 162 Å². The number of ether oxygens (including phenoxy) is 8. The number of aliphatic hydroxyl groups is 9. The van der Waals surface area contributed by atoms with Crippen molar-refractivity contribution in [2.45, 2.75) is 492 Å². The second kappa shape index (κ2) is 68.4. The fraction of sp³-hybridized carbons (Fsp3) is 0.911. The SMILES string of the molecule is CCCCCC/C=C\CCCCCCCCCC(=O)OC(COC(=O)CCCCC/C=C\CCCCCCCC)COP(=O)(O)OC1C(OC2OC(CO)C(O)C(O)C2O)C(O)C(O)C(OC(=O)CCCCCCCCC(C)CCCCCCCC)C1OC1OC(COC(=O)CCCCCCCCCCCCCCC)C(O)C(O)C1O. The zero-order valence-electron chi connectivity index (χ0n) is 72.5. The number of esters is 4. The normalized spacial score (nSPS) is 25.5. The molecule has 19 atom stereocenters. The Kier molecular flexibility index (Phi) is 63.2. The predicted molar refractivity (Wildman–Crippen MR) is 449 cm³/mol. The molecule has 0 aromatic rings. The highest BCUT2D eigenvalue weighted by Crippen LogP contribution is 2.49. The number of carbonyl (C=O) groups is 4. The average molecular weight is 1680 g/mol. The van der Waals surface area contributed by atoms with Gasteiger partial charge in [-0.05, 0) is 83.0 Å². The van der Waals surface area contributed by atoms with Gasteiger partial charge in [0.25, 0.3) is 0 Å². The van der Waals surface area contributed by atoms with Crippen molar-refractivity contribution in [2.75, 3.05) is 26.4 Å². The summed E-state index contributed by atoms with van der Waals surface area (Å²) in [5, 5.41) is 102. The number of carbonyl (C=O) groups excluding carboxylic acids is 4. The quantitative estimate of drug-likeness (QED) is 0.00889. The Balaban J connectivity index is 1.94. The third-order valence-corrected chi connectivity index (χ3v) is 23.8. The number of rotatable bonds is 74. The molecule has 2 saturated heterocycles. The summed E-state index contributed by atoms with van der Waals surface area (Å²) in [7, 11) is -5.81. The highest BCUT2D eigenvalue weighted by atomic mass is 31.2. The summed E-state index contributed by atoms with van der Waals surface area (Å²) < 4.78 is 73.4. The molecule has 25 nitrogen and oxygen atoms in total. The van der Waals surface area contributed by atoms with Crippen LogP contribution in [0.25, 0.3) is 0 Å². The van der Waals surface area contributed by atoms with Gasteiger partial charge in [0.1, 0.15) is 92.6 Å². The van der Waals surface area contributed by atoms with Crippen LogP contribution in [0, 0.1) is 5.92 Å². The maximum absolute atomic E-state index is 14.9. The summed E-state index contributed by atoms with van der Waals surface area (Å²) in [6.45, 7) is 7.85. The molecule has 0 amide bonds. The standard InChI is InChI=1S/C90H165O25P/c1-6-10-14-18-22-25-28-31-32-35-38-41-44-51-57-63-75(94)109-70(66-106-73(92)61-55-49-42-39-36-33-29-26-23-19-15-11-7-2)67-108-116(104,105)115-88-86(113-89-83(102)79(98)77(96)71(65-91)110-89)82(101)81(100)85(112-76(95)64-58-52-46-45-48-54-60-69(5)59-53-47-21-17-13-9-4)87(88)114-90-84(103)80(99)78(97)72(111-90)68-107-74(93)62-56-50-43-40-37-34-30-27-24-20-16-12-8-3/h25,28,33,36,69-72,77-91,96-103H,6-24,26-27,29-32,34-35,37-68H2,1-5H3,(H,104,105)/b28-25-,36-33-. The van der Waals surface area contributed by atoms with Crippen molar-refractivity contribution < 1.29 is 122 Å².